The Hall–Kier alpha value is -2.77. The zero-order chi connectivity index (χ0) is 18.7. The van der Waals surface area contributed by atoms with Crippen LogP contribution in [0.2, 0.25) is 5.02 Å². The number of non-ortho nitro benzene ring substituents is 1. The van der Waals surface area contributed by atoms with E-state index in [1.54, 1.807) is 12.1 Å². The van der Waals surface area contributed by atoms with Crippen molar-refractivity contribution >= 4 is 17.3 Å². The van der Waals surface area contributed by atoms with Gasteiger partial charge in [-0.1, -0.05) is 23.7 Å². The van der Waals surface area contributed by atoms with E-state index < -0.39 is 4.92 Å². The molecule has 0 spiro atoms. The Morgan fingerprint density at radius 1 is 1.12 bits per heavy atom. The summed E-state index contributed by atoms with van der Waals surface area (Å²) < 4.78 is 5.71. The van der Waals surface area contributed by atoms with Crippen molar-refractivity contribution in [1.29, 1.82) is 0 Å². The second-order valence-corrected chi connectivity index (χ2v) is 6.35. The summed E-state index contributed by atoms with van der Waals surface area (Å²) in [6.07, 6.45) is 0. The Bertz CT molecular complexity index is 911. The minimum absolute atomic E-state index is 0.0128. The van der Waals surface area contributed by atoms with Gasteiger partial charge in [0.15, 0.2) is 0 Å². The SMILES string of the molecule is C[C@H](N[C@H](C)c1nnc(-c2ccc([N+](=O)[O-])cc2)o1)c1cccc(Cl)c1. The molecule has 0 radical (unpaired) electrons. The molecule has 0 aliphatic rings. The third-order valence-electron chi connectivity index (χ3n) is 3.98. The van der Waals surface area contributed by atoms with Crippen LogP contribution < -0.4 is 5.32 Å². The fourth-order valence-electron chi connectivity index (χ4n) is 2.57. The van der Waals surface area contributed by atoms with Gasteiger partial charge in [0.2, 0.25) is 11.8 Å². The van der Waals surface area contributed by atoms with Crippen LogP contribution in [-0.4, -0.2) is 15.1 Å². The van der Waals surface area contributed by atoms with Gasteiger partial charge in [0.1, 0.15) is 0 Å². The zero-order valence-corrected chi connectivity index (χ0v) is 15.0. The quantitative estimate of drug-likeness (QED) is 0.497. The molecular weight excluding hydrogens is 356 g/mol. The summed E-state index contributed by atoms with van der Waals surface area (Å²) >= 11 is 6.03. The molecule has 134 valence electrons. The van der Waals surface area contributed by atoms with Gasteiger partial charge < -0.3 is 4.42 Å². The average molecular weight is 373 g/mol. The van der Waals surface area contributed by atoms with Gasteiger partial charge in [-0.2, -0.15) is 0 Å². The van der Waals surface area contributed by atoms with Gasteiger partial charge in [-0.25, -0.2) is 0 Å². The van der Waals surface area contributed by atoms with Crippen LogP contribution in [0, 0.1) is 10.1 Å². The molecule has 8 heteroatoms. The molecular formula is C18H17ClN4O3. The maximum absolute atomic E-state index is 10.7. The molecule has 7 nitrogen and oxygen atoms in total. The maximum atomic E-state index is 10.7. The molecule has 2 atom stereocenters. The highest BCUT2D eigenvalue weighted by Gasteiger charge is 2.18. The third kappa shape index (κ3) is 4.07. The second-order valence-electron chi connectivity index (χ2n) is 5.91. The van der Waals surface area contributed by atoms with Crippen LogP contribution in [-0.2, 0) is 0 Å². The van der Waals surface area contributed by atoms with E-state index in [0.717, 1.165) is 5.56 Å². The molecule has 3 rings (SSSR count). The van der Waals surface area contributed by atoms with Crippen molar-refractivity contribution in [2.24, 2.45) is 0 Å². The lowest BCUT2D eigenvalue weighted by atomic mass is 10.1. The van der Waals surface area contributed by atoms with Crippen LogP contribution in [0.1, 0.15) is 37.4 Å². The molecule has 2 aromatic carbocycles. The number of halogens is 1. The smallest absolute Gasteiger partial charge is 0.269 e. The monoisotopic (exact) mass is 372 g/mol. The molecule has 1 heterocycles. The van der Waals surface area contributed by atoms with Gasteiger partial charge in [0.05, 0.1) is 11.0 Å². The highest BCUT2D eigenvalue weighted by molar-refractivity contribution is 6.30. The average Bonchev–Trinajstić information content (AvgIpc) is 3.12. The molecule has 1 aromatic heterocycles. The molecule has 26 heavy (non-hydrogen) atoms. The van der Waals surface area contributed by atoms with Crippen molar-refractivity contribution in [3.05, 3.63) is 75.1 Å². The van der Waals surface area contributed by atoms with Crippen molar-refractivity contribution in [2.75, 3.05) is 0 Å². The zero-order valence-electron chi connectivity index (χ0n) is 14.2. The minimum atomic E-state index is -0.452. The van der Waals surface area contributed by atoms with E-state index in [-0.39, 0.29) is 17.8 Å². The van der Waals surface area contributed by atoms with E-state index >= 15 is 0 Å². The van der Waals surface area contributed by atoms with E-state index in [4.69, 9.17) is 16.0 Å². The first-order valence-electron chi connectivity index (χ1n) is 8.04. The Labute approximate surface area is 155 Å². The van der Waals surface area contributed by atoms with Crippen LogP contribution in [0.25, 0.3) is 11.5 Å². The molecule has 0 unspecified atom stereocenters. The largest absolute Gasteiger partial charge is 0.419 e. The molecule has 0 aliphatic heterocycles. The van der Waals surface area contributed by atoms with E-state index in [1.165, 1.54) is 12.1 Å². The van der Waals surface area contributed by atoms with Crippen molar-refractivity contribution in [3.63, 3.8) is 0 Å². The number of nitro benzene ring substituents is 1. The lowest BCUT2D eigenvalue weighted by Crippen LogP contribution is -2.22. The number of nitrogens with zero attached hydrogens (tertiary/aromatic N) is 3. The van der Waals surface area contributed by atoms with E-state index in [9.17, 15) is 10.1 Å². The van der Waals surface area contributed by atoms with Crippen LogP contribution in [0.15, 0.2) is 52.9 Å². The summed E-state index contributed by atoms with van der Waals surface area (Å²) in [6.45, 7) is 3.95. The molecule has 0 amide bonds. The maximum Gasteiger partial charge on any atom is 0.269 e. The Balaban J connectivity index is 1.71. The van der Waals surface area contributed by atoms with Gasteiger partial charge in [-0.15, -0.1) is 10.2 Å². The standard InChI is InChI=1S/C18H17ClN4O3/c1-11(14-4-3-5-15(19)10-14)20-12(2)17-21-22-18(26-17)13-6-8-16(9-7-13)23(24)25/h3-12,20H,1-2H3/t11-,12+/m0/s1. The Morgan fingerprint density at radius 3 is 2.50 bits per heavy atom. The van der Waals surface area contributed by atoms with Gasteiger partial charge >= 0.3 is 0 Å². The molecule has 0 aliphatic carbocycles. The predicted molar refractivity (Wildman–Crippen MR) is 97.8 cm³/mol. The lowest BCUT2D eigenvalue weighted by Gasteiger charge is -2.18. The van der Waals surface area contributed by atoms with Crippen LogP contribution >= 0.6 is 11.6 Å². The first-order chi connectivity index (χ1) is 12.4. The highest BCUT2D eigenvalue weighted by Crippen LogP contribution is 2.25. The molecule has 3 aromatic rings. The summed E-state index contributed by atoms with van der Waals surface area (Å²) in [7, 11) is 0. The fourth-order valence-corrected chi connectivity index (χ4v) is 2.77. The molecule has 0 bridgehead atoms. The van der Waals surface area contributed by atoms with Crippen molar-refractivity contribution in [3.8, 4) is 11.5 Å². The molecule has 0 saturated carbocycles. The summed E-state index contributed by atoms with van der Waals surface area (Å²) in [6, 6.07) is 13.5. The number of rotatable bonds is 6. The van der Waals surface area contributed by atoms with Gasteiger partial charge in [0, 0.05) is 28.8 Å². The fraction of sp³-hybridized carbons (Fsp3) is 0.222. The number of hydrogen-bond acceptors (Lipinski definition) is 6. The van der Waals surface area contributed by atoms with Gasteiger partial charge in [-0.3, -0.25) is 15.4 Å². The Kier molecular flexibility index (Phi) is 5.29. The molecule has 0 saturated heterocycles. The summed E-state index contributed by atoms with van der Waals surface area (Å²) in [5.74, 6) is 0.756. The van der Waals surface area contributed by atoms with Crippen molar-refractivity contribution in [1.82, 2.24) is 15.5 Å². The highest BCUT2D eigenvalue weighted by atomic mass is 35.5. The predicted octanol–water partition coefficient (Wildman–Crippen LogP) is 4.71. The third-order valence-corrected chi connectivity index (χ3v) is 4.22. The normalized spacial score (nSPS) is 13.3. The Morgan fingerprint density at radius 2 is 1.85 bits per heavy atom. The summed E-state index contributed by atoms with van der Waals surface area (Å²) in [5.41, 5.74) is 1.70. The number of aromatic nitrogens is 2. The summed E-state index contributed by atoms with van der Waals surface area (Å²) in [5, 5.41) is 22.9. The first-order valence-corrected chi connectivity index (χ1v) is 8.41. The van der Waals surface area contributed by atoms with Crippen LogP contribution in [0.3, 0.4) is 0 Å². The molecule has 0 fully saturated rings. The van der Waals surface area contributed by atoms with Gasteiger partial charge in [-0.05, 0) is 43.7 Å². The summed E-state index contributed by atoms with van der Waals surface area (Å²) in [4.78, 5) is 10.3. The van der Waals surface area contributed by atoms with Crippen molar-refractivity contribution in [2.45, 2.75) is 25.9 Å². The van der Waals surface area contributed by atoms with Crippen LogP contribution in [0.4, 0.5) is 5.69 Å². The number of nitro groups is 1. The van der Waals surface area contributed by atoms with E-state index in [1.807, 2.05) is 38.1 Å². The van der Waals surface area contributed by atoms with E-state index in [2.05, 4.69) is 15.5 Å². The lowest BCUT2D eigenvalue weighted by molar-refractivity contribution is -0.384. The topological polar surface area (TPSA) is 94.1 Å². The van der Waals surface area contributed by atoms with Crippen LogP contribution in [0.5, 0.6) is 0 Å². The first kappa shape index (κ1) is 18.0. The number of hydrogen-bond donors (Lipinski definition) is 1. The number of benzene rings is 2. The number of nitrogens with one attached hydrogen (secondary N) is 1. The van der Waals surface area contributed by atoms with E-state index in [0.29, 0.717) is 22.4 Å². The van der Waals surface area contributed by atoms with Gasteiger partial charge in [0.25, 0.3) is 5.69 Å². The minimum Gasteiger partial charge on any atom is -0.419 e. The second kappa shape index (κ2) is 7.63. The van der Waals surface area contributed by atoms with Crippen molar-refractivity contribution < 1.29 is 9.34 Å². The molecule has 1 N–H and O–H groups in total.